The molecule has 4 nitrogen and oxygen atoms in total. The smallest absolute Gasteiger partial charge is 0.160 e. The molecule has 2 aliphatic heterocycles. The molecule has 0 aromatic heterocycles. The minimum atomic E-state index is -0.138. The Morgan fingerprint density at radius 1 is 1.00 bits per heavy atom. The minimum absolute atomic E-state index is 0.00292. The summed E-state index contributed by atoms with van der Waals surface area (Å²) < 4.78 is 17.7. The molecule has 2 heterocycles. The standard InChI is InChI=1S/C10H13BrO.C10H18O3/c1-10(2,7-12)8-3-5-9(11)6-4-8;1-3-7-11-9(5-1)13-10-6-2-4-8-12-10/h3-6,12H,7H2,1-2H3;9-10H,1-8H2. The summed E-state index contributed by atoms with van der Waals surface area (Å²) in [6.07, 6.45) is 6.83. The summed E-state index contributed by atoms with van der Waals surface area (Å²) in [6, 6.07) is 8.04. The van der Waals surface area contributed by atoms with Gasteiger partial charge in [-0.2, -0.15) is 0 Å². The Hall–Kier alpha value is -0.460. The van der Waals surface area contributed by atoms with Crippen LogP contribution in [0.5, 0.6) is 0 Å². The lowest BCUT2D eigenvalue weighted by molar-refractivity contribution is -0.264. The Bertz CT molecular complexity index is 461. The molecule has 2 aliphatic rings. The van der Waals surface area contributed by atoms with Crippen molar-refractivity contribution >= 4 is 15.9 Å². The van der Waals surface area contributed by atoms with Crippen molar-refractivity contribution in [2.24, 2.45) is 0 Å². The van der Waals surface area contributed by atoms with Crippen LogP contribution in [-0.4, -0.2) is 37.5 Å². The number of rotatable bonds is 4. The first kappa shape index (κ1) is 20.8. The summed E-state index contributed by atoms with van der Waals surface area (Å²) in [5, 5.41) is 9.11. The number of halogens is 1. The number of ether oxygens (including phenoxy) is 3. The van der Waals surface area contributed by atoms with Crippen LogP contribution in [-0.2, 0) is 19.6 Å². The van der Waals surface area contributed by atoms with Gasteiger partial charge in [0.25, 0.3) is 0 Å². The highest BCUT2D eigenvalue weighted by Crippen LogP contribution is 2.24. The highest BCUT2D eigenvalue weighted by Gasteiger charge is 2.21. The van der Waals surface area contributed by atoms with Crippen molar-refractivity contribution in [2.45, 2.75) is 70.4 Å². The molecule has 1 aromatic rings. The number of hydrogen-bond donors (Lipinski definition) is 1. The fraction of sp³-hybridized carbons (Fsp3) is 0.700. The predicted molar refractivity (Wildman–Crippen MR) is 103 cm³/mol. The molecule has 5 heteroatoms. The molecular weight excluding hydrogens is 384 g/mol. The third kappa shape index (κ3) is 7.35. The van der Waals surface area contributed by atoms with E-state index in [1.165, 1.54) is 25.7 Å². The van der Waals surface area contributed by atoms with Crippen LogP contribution in [0.4, 0.5) is 0 Å². The third-order valence-electron chi connectivity index (χ3n) is 4.60. The Morgan fingerprint density at radius 3 is 1.92 bits per heavy atom. The zero-order chi connectivity index (χ0) is 18.1. The molecule has 0 bridgehead atoms. The number of aliphatic hydroxyl groups is 1. The van der Waals surface area contributed by atoms with Crippen molar-refractivity contribution in [3.63, 3.8) is 0 Å². The van der Waals surface area contributed by atoms with Crippen LogP contribution < -0.4 is 0 Å². The second kappa shape index (κ2) is 10.6. The van der Waals surface area contributed by atoms with Gasteiger partial charge < -0.3 is 19.3 Å². The van der Waals surface area contributed by atoms with Crippen LogP contribution in [0.1, 0.15) is 57.9 Å². The summed E-state index contributed by atoms with van der Waals surface area (Å²) in [5.74, 6) is 0. The maximum atomic E-state index is 9.11. The van der Waals surface area contributed by atoms with Gasteiger partial charge in [0.15, 0.2) is 12.6 Å². The van der Waals surface area contributed by atoms with Crippen molar-refractivity contribution in [3.05, 3.63) is 34.3 Å². The molecule has 0 amide bonds. The molecule has 0 aliphatic carbocycles. The Kier molecular flexibility index (Phi) is 8.87. The average Bonchev–Trinajstić information content (AvgIpc) is 2.64. The van der Waals surface area contributed by atoms with Crippen molar-refractivity contribution in [1.82, 2.24) is 0 Å². The van der Waals surface area contributed by atoms with Crippen molar-refractivity contribution in [3.8, 4) is 0 Å². The summed E-state index contributed by atoms with van der Waals surface area (Å²) in [6.45, 7) is 5.91. The molecule has 2 unspecified atom stereocenters. The monoisotopic (exact) mass is 414 g/mol. The maximum absolute atomic E-state index is 9.11. The van der Waals surface area contributed by atoms with Crippen LogP contribution >= 0.6 is 15.9 Å². The van der Waals surface area contributed by atoms with E-state index in [1.54, 1.807) is 0 Å². The molecular formula is C20H31BrO4. The fourth-order valence-electron chi connectivity index (χ4n) is 2.80. The van der Waals surface area contributed by atoms with Crippen LogP contribution in [0.2, 0.25) is 0 Å². The van der Waals surface area contributed by atoms with E-state index in [0.717, 1.165) is 36.1 Å². The quantitative estimate of drug-likeness (QED) is 0.769. The third-order valence-corrected chi connectivity index (χ3v) is 5.13. The molecule has 2 atom stereocenters. The molecule has 1 N–H and O–H groups in total. The lowest BCUT2D eigenvalue weighted by Gasteiger charge is -2.29. The van der Waals surface area contributed by atoms with E-state index in [2.05, 4.69) is 15.9 Å². The zero-order valence-electron chi connectivity index (χ0n) is 15.4. The van der Waals surface area contributed by atoms with Gasteiger partial charge in [-0.05, 0) is 56.2 Å². The molecule has 2 fully saturated rings. The first-order valence-corrected chi connectivity index (χ1v) is 10.1. The van der Waals surface area contributed by atoms with Crippen molar-refractivity contribution in [1.29, 1.82) is 0 Å². The normalized spacial score (nSPS) is 24.3. The van der Waals surface area contributed by atoms with Gasteiger partial charge in [-0.3, -0.25) is 0 Å². The van der Waals surface area contributed by atoms with Gasteiger partial charge >= 0.3 is 0 Å². The lowest BCUT2D eigenvalue weighted by atomic mass is 9.86. The van der Waals surface area contributed by atoms with E-state index in [9.17, 15) is 0 Å². The highest BCUT2D eigenvalue weighted by atomic mass is 79.9. The van der Waals surface area contributed by atoms with Gasteiger partial charge in [0, 0.05) is 23.1 Å². The first-order valence-electron chi connectivity index (χ1n) is 9.27. The topological polar surface area (TPSA) is 47.9 Å². The predicted octanol–water partition coefficient (Wildman–Crippen LogP) is 4.78. The van der Waals surface area contributed by atoms with Gasteiger partial charge in [0.2, 0.25) is 0 Å². The van der Waals surface area contributed by atoms with E-state index in [0.29, 0.717) is 0 Å². The van der Waals surface area contributed by atoms with Crippen LogP contribution in [0, 0.1) is 0 Å². The Labute approximate surface area is 160 Å². The molecule has 2 saturated heterocycles. The van der Waals surface area contributed by atoms with Gasteiger partial charge in [0.05, 0.1) is 6.61 Å². The molecule has 1 aromatic carbocycles. The molecule has 25 heavy (non-hydrogen) atoms. The molecule has 3 rings (SSSR count). The number of benzene rings is 1. The van der Waals surface area contributed by atoms with Gasteiger partial charge in [0.1, 0.15) is 0 Å². The van der Waals surface area contributed by atoms with E-state index in [4.69, 9.17) is 19.3 Å². The Morgan fingerprint density at radius 2 is 1.52 bits per heavy atom. The zero-order valence-corrected chi connectivity index (χ0v) is 17.0. The van der Waals surface area contributed by atoms with Crippen LogP contribution in [0.25, 0.3) is 0 Å². The highest BCUT2D eigenvalue weighted by molar-refractivity contribution is 9.10. The molecule has 0 spiro atoms. The summed E-state index contributed by atoms with van der Waals surface area (Å²) in [5.41, 5.74) is 1.02. The van der Waals surface area contributed by atoms with E-state index in [-0.39, 0.29) is 24.6 Å². The van der Waals surface area contributed by atoms with Crippen molar-refractivity contribution < 1.29 is 19.3 Å². The second-order valence-electron chi connectivity index (χ2n) is 7.28. The SMILES string of the molecule is C1CCC(OC2CCCCO2)OC1.CC(C)(CO)c1ccc(Br)cc1. The van der Waals surface area contributed by atoms with Crippen LogP contribution in [0.15, 0.2) is 28.7 Å². The average molecular weight is 415 g/mol. The number of aliphatic hydroxyl groups excluding tert-OH is 1. The van der Waals surface area contributed by atoms with E-state index >= 15 is 0 Å². The Balaban J connectivity index is 0.000000181. The second-order valence-corrected chi connectivity index (χ2v) is 8.19. The number of hydrogen-bond acceptors (Lipinski definition) is 4. The van der Waals surface area contributed by atoms with Gasteiger partial charge in [-0.15, -0.1) is 0 Å². The summed E-state index contributed by atoms with van der Waals surface area (Å²) in [4.78, 5) is 0. The summed E-state index contributed by atoms with van der Waals surface area (Å²) >= 11 is 3.37. The van der Waals surface area contributed by atoms with Crippen molar-refractivity contribution in [2.75, 3.05) is 19.8 Å². The fourth-order valence-corrected chi connectivity index (χ4v) is 3.06. The first-order chi connectivity index (χ1) is 12.0. The minimum Gasteiger partial charge on any atom is -0.395 e. The van der Waals surface area contributed by atoms with E-state index in [1.807, 2.05) is 38.1 Å². The van der Waals surface area contributed by atoms with Gasteiger partial charge in [-0.25, -0.2) is 0 Å². The van der Waals surface area contributed by atoms with Crippen LogP contribution in [0.3, 0.4) is 0 Å². The van der Waals surface area contributed by atoms with Gasteiger partial charge in [-0.1, -0.05) is 41.9 Å². The maximum Gasteiger partial charge on any atom is 0.160 e. The largest absolute Gasteiger partial charge is 0.395 e. The lowest BCUT2D eigenvalue weighted by Crippen LogP contribution is -2.31. The molecule has 0 radical (unpaired) electrons. The summed E-state index contributed by atoms with van der Waals surface area (Å²) in [7, 11) is 0. The molecule has 142 valence electrons. The molecule has 0 saturated carbocycles. The van der Waals surface area contributed by atoms with E-state index < -0.39 is 0 Å².